The van der Waals surface area contributed by atoms with Crippen molar-refractivity contribution >= 4 is 0 Å². The summed E-state index contributed by atoms with van der Waals surface area (Å²) in [6.07, 6.45) is 5.61. The van der Waals surface area contributed by atoms with Crippen molar-refractivity contribution in [2.75, 3.05) is 40.3 Å². The lowest BCUT2D eigenvalue weighted by molar-refractivity contribution is 0.00273. The third-order valence-electron chi connectivity index (χ3n) is 3.73. The summed E-state index contributed by atoms with van der Waals surface area (Å²) in [6.45, 7) is 8.82. The fourth-order valence-corrected chi connectivity index (χ4v) is 2.95. The van der Waals surface area contributed by atoms with Crippen molar-refractivity contribution in [3.8, 4) is 0 Å². The van der Waals surface area contributed by atoms with Gasteiger partial charge in [0, 0.05) is 6.54 Å². The zero-order chi connectivity index (χ0) is 13.4. The molecule has 1 aliphatic rings. The van der Waals surface area contributed by atoms with Crippen LogP contribution in [-0.4, -0.2) is 51.3 Å². The van der Waals surface area contributed by atoms with Crippen LogP contribution in [0.4, 0.5) is 0 Å². The van der Waals surface area contributed by atoms with Gasteiger partial charge in [0.25, 0.3) is 0 Å². The molecule has 1 aliphatic carbocycles. The molecule has 0 aliphatic heterocycles. The molecule has 0 bridgehead atoms. The van der Waals surface area contributed by atoms with Gasteiger partial charge < -0.3 is 15.0 Å². The third kappa shape index (κ3) is 7.34. The van der Waals surface area contributed by atoms with E-state index in [-0.39, 0.29) is 0 Å². The average Bonchev–Trinajstić information content (AvgIpc) is 2.26. The first kappa shape index (κ1) is 15.9. The van der Waals surface area contributed by atoms with Crippen LogP contribution < -0.4 is 5.32 Å². The van der Waals surface area contributed by atoms with Gasteiger partial charge in [0.1, 0.15) is 0 Å². The van der Waals surface area contributed by atoms with Gasteiger partial charge in [-0.2, -0.15) is 0 Å². The van der Waals surface area contributed by atoms with Gasteiger partial charge in [-0.25, -0.2) is 0 Å². The van der Waals surface area contributed by atoms with Crippen molar-refractivity contribution in [2.24, 2.45) is 11.8 Å². The van der Waals surface area contributed by atoms with Crippen molar-refractivity contribution in [1.29, 1.82) is 0 Å². The van der Waals surface area contributed by atoms with E-state index in [1.807, 2.05) is 0 Å². The molecule has 0 radical (unpaired) electrons. The minimum absolute atomic E-state index is 0.507. The summed E-state index contributed by atoms with van der Waals surface area (Å²) in [5, 5.41) is 3.45. The predicted octanol–water partition coefficient (Wildman–Crippen LogP) is 2.37. The van der Waals surface area contributed by atoms with Crippen molar-refractivity contribution in [1.82, 2.24) is 10.2 Å². The van der Waals surface area contributed by atoms with Crippen LogP contribution in [0.15, 0.2) is 0 Å². The fraction of sp³-hybridized carbons (Fsp3) is 1.00. The van der Waals surface area contributed by atoms with E-state index in [1.54, 1.807) is 0 Å². The maximum absolute atomic E-state index is 5.98. The highest BCUT2D eigenvalue weighted by Crippen LogP contribution is 2.30. The summed E-state index contributed by atoms with van der Waals surface area (Å²) in [4.78, 5) is 2.23. The average molecular weight is 256 g/mol. The molecule has 1 saturated carbocycles. The largest absolute Gasteiger partial charge is 0.377 e. The number of rotatable bonds is 8. The van der Waals surface area contributed by atoms with Crippen molar-refractivity contribution in [3.63, 3.8) is 0 Å². The Morgan fingerprint density at radius 2 is 1.72 bits per heavy atom. The van der Waals surface area contributed by atoms with Crippen LogP contribution in [0.1, 0.15) is 39.5 Å². The quantitative estimate of drug-likeness (QED) is 0.675. The number of hydrogen-bond donors (Lipinski definition) is 1. The summed E-state index contributed by atoms with van der Waals surface area (Å²) in [5.74, 6) is 1.68. The molecule has 1 fully saturated rings. The number of ether oxygens (including phenoxy) is 1. The number of hydrogen-bond acceptors (Lipinski definition) is 3. The molecular weight excluding hydrogens is 224 g/mol. The molecule has 0 heterocycles. The highest BCUT2D eigenvalue weighted by atomic mass is 16.5. The lowest BCUT2D eigenvalue weighted by Crippen LogP contribution is -2.30. The smallest absolute Gasteiger partial charge is 0.0594 e. The first-order chi connectivity index (χ1) is 8.58. The Kier molecular flexibility index (Phi) is 7.87. The molecule has 1 N–H and O–H groups in total. The van der Waals surface area contributed by atoms with E-state index < -0.39 is 0 Å². The van der Waals surface area contributed by atoms with E-state index in [4.69, 9.17) is 4.74 Å². The lowest BCUT2D eigenvalue weighted by atomic mass is 9.82. The van der Waals surface area contributed by atoms with E-state index in [1.165, 1.54) is 25.7 Å². The Hall–Kier alpha value is -0.120. The van der Waals surface area contributed by atoms with Crippen LogP contribution in [0.5, 0.6) is 0 Å². The zero-order valence-corrected chi connectivity index (χ0v) is 12.7. The highest BCUT2D eigenvalue weighted by molar-refractivity contribution is 4.75. The predicted molar refractivity (Wildman–Crippen MR) is 78.0 cm³/mol. The fourth-order valence-electron chi connectivity index (χ4n) is 2.95. The molecule has 2 unspecified atom stereocenters. The standard InChI is InChI=1S/C15H32N2O/c1-13-10-14(2)12-15(11-13)18-9-7-16-6-5-8-17(3)4/h13-16H,5-12H2,1-4H3. The van der Waals surface area contributed by atoms with E-state index >= 15 is 0 Å². The molecule has 18 heavy (non-hydrogen) atoms. The van der Waals surface area contributed by atoms with Crippen LogP contribution in [-0.2, 0) is 4.74 Å². The maximum Gasteiger partial charge on any atom is 0.0594 e. The second-order valence-corrected chi connectivity index (χ2v) is 6.32. The van der Waals surface area contributed by atoms with Crippen LogP contribution in [0.25, 0.3) is 0 Å². The SMILES string of the molecule is CC1CC(C)CC(OCCNCCCN(C)C)C1. The summed E-state index contributed by atoms with van der Waals surface area (Å²) in [5.41, 5.74) is 0. The first-order valence-electron chi connectivity index (χ1n) is 7.55. The normalized spacial score (nSPS) is 28.8. The van der Waals surface area contributed by atoms with E-state index in [0.29, 0.717) is 6.10 Å². The topological polar surface area (TPSA) is 24.5 Å². The van der Waals surface area contributed by atoms with Gasteiger partial charge in [0.2, 0.25) is 0 Å². The summed E-state index contributed by atoms with van der Waals surface area (Å²) in [6, 6.07) is 0. The molecule has 3 heteroatoms. The lowest BCUT2D eigenvalue weighted by Gasteiger charge is -2.31. The van der Waals surface area contributed by atoms with Crippen LogP contribution in [0.2, 0.25) is 0 Å². The van der Waals surface area contributed by atoms with Gasteiger partial charge in [-0.15, -0.1) is 0 Å². The van der Waals surface area contributed by atoms with Gasteiger partial charge in [-0.05, 0) is 64.7 Å². The molecule has 108 valence electrons. The number of nitrogens with one attached hydrogen (secondary N) is 1. The van der Waals surface area contributed by atoms with Crippen LogP contribution in [0, 0.1) is 11.8 Å². The van der Waals surface area contributed by atoms with E-state index in [2.05, 4.69) is 38.2 Å². The first-order valence-corrected chi connectivity index (χ1v) is 7.55. The van der Waals surface area contributed by atoms with Crippen molar-refractivity contribution in [3.05, 3.63) is 0 Å². The molecule has 0 spiro atoms. The minimum Gasteiger partial charge on any atom is -0.377 e. The number of nitrogens with zero attached hydrogens (tertiary/aromatic N) is 1. The van der Waals surface area contributed by atoms with Crippen molar-refractivity contribution in [2.45, 2.75) is 45.6 Å². The summed E-state index contributed by atoms with van der Waals surface area (Å²) in [7, 11) is 4.24. The second kappa shape index (κ2) is 8.89. The maximum atomic E-state index is 5.98. The molecule has 0 saturated heterocycles. The molecule has 1 rings (SSSR count). The highest BCUT2D eigenvalue weighted by Gasteiger charge is 2.23. The van der Waals surface area contributed by atoms with Gasteiger partial charge in [0.05, 0.1) is 12.7 Å². The van der Waals surface area contributed by atoms with Crippen LogP contribution >= 0.6 is 0 Å². The van der Waals surface area contributed by atoms with Gasteiger partial charge in [-0.1, -0.05) is 13.8 Å². The summed E-state index contributed by atoms with van der Waals surface area (Å²) >= 11 is 0. The monoisotopic (exact) mass is 256 g/mol. The molecule has 0 aromatic rings. The Balaban J connectivity index is 1.94. The Bertz CT molecular complexity index is 199. The Labute approximate surface area is 113 Å². The Morgan fingerprint density at radius 1 is 1.06 bits per heavy atom. The molecular formula is C15H32N2O. The summed E-state index contributed by atoms with van der Waals surface area (Å²) < 4.78 is 5.98. The van der Waals surface area contributed by atoms with Gasteiger partial charge in [-0.3, -0.25) is 0 Å². The molecule has 0 aromatic carbocycles. The van der Waals surface area contributed by atoms with E-state index in [9.17, 15) is 0 Å². The second-order valence-electron chi connectivity index (χ2n) is 6.32. The molecule has 0 aromatic heterocycles. The van der Waals surface area contributed by atoms with E-state index in [0.717, 1.165) is 38.1 Å². The minimum atomic E-state index is 0.507. The molecule has 0 amide bonds. The molecule has 2 atom stereocenters. The van der Waals surface area contributed by atoms with Crippen molar-refractivity contribution < 1.29 is 4.74 Å². The van der Waals surface area contributed by atoms with Crippen LogP contribution in [0.3, 0.4) is 0 Å². The van der Waals surface area contributed by atoms with Gasteiger partial charge in [0.15, 0.2) is 0 Å². The third-order valence-corrected chi connectivity index (χ3v) is 3.73. The van der Waals surface area contributed by atoms with Gasteiger partial charge >= 0.3 is 0 Å². The zero-order valence-electron chi connectivity index (χ0n) is 12.7. The Morgan fingerprint density at radius 3 is 2.33 bits per heavy atom. The molecule has 3 nitrogen and oxygen atoms in total.